The van der Waals surface area contributed by atoms with Crippen molar-refractivity contribution in [2.45, 2.75) is 40.2 Å². The van der Waals surface area contributed by atoms with Crippen molar-refractivity contribution in [1.82, 2.24) is 10.1 Å². The van der Waals surface area contributed by atoms with Gasteiger partial charge in [0.05, 0.1) is 6.54 Å². The second kappa shape index (κ2) is 5.67. The number of aromatic nitrogens is 2. The molecule has 0 radical (unpaired) electrons. The molecule has 0 saturated heterocycles. The van der Waals surface area contributed by atoms with E-state index in [0.29, 0.717) is 12.4 Å². The first-order valence-electron chi connectivity index (χ1n) is 6.32. The molecule has 0 atom stereocenters. The van der Waals surface area contributed by atoms with Crippen molar-refractivity contribution in [3.8, 4) is 0 Å². The van der Waals surface area contributed by atoms with Crippen LogP contribution < -0.4 is 5.32 Å². The van der Waals surface area contributed by atoms with Gasteiger partial charge in [0, 0.05) is 12.1 Å². The lowest BCUT2D eigenvalue weighted by Crippen LogP contribution is -2.02. The monoisotopic (exact) mass is 245 g/mol. The lowest BCUT2D eigenvalue weighted by Gasteiger charge is -2.09. The third kappa shape index (κ3) is 2.88. The standard InChI is InChI=1S/C14H19N3O/c1-4-6-13-16-14(18-17-13)9-15-12-8-5-7-10(2)11(12)3/h5,7-8,15H,4,6,9H2,1-3H3. The van der Waals surface area contributed by atoms with E-state index in [-0.39, 0.29) is 0 Å². The van der Waals surface area contributed by atoms with Crippen LogP contribution in [-0.4, -0.2) is 10.1 Å². The largest absolute Gasteiger partial charge is 0.376 e. The van der Waals surface area contributed by atoms with E-state index < -0.39 is 0 Å². The van der Waals surface area contributed by atoms with Crippen LogP contribution in [0.5, 0.6) is 0 Å². The van der Waals surface area contributed by atoms with E-state index in [9.17, 15) is 0 Å². The molecule has 0 aliphatic heterocycles. The van der Waals surface area contributed by atoms with Crippen LogP contribution in [0, 0.1) is 13.8 Å². The van der Waals surface area contributed by atoms with Crippen LogP contribution in [0.25, 0.3) is 0 Å². The molecule has 0 bridgehead atoms. The maximum atomic E-state index is 5.19. The van der Waals surface area contributed by atoms with Crippen molar-refractivity contribution in [3.05, 3.63) is 41.0 Å². The van der Waals surface area contributed by atoms with Crippen molar-refractivity contribution < 1.29 is 4.52 Å². The van der Waals surface area contributed by atoms with E-state index in [1.165, 1.54) is 11.1 Å². The minimum atomic E-state index is 0.570. The van der Waals surface area contributed by atoms with E-state index in [4.69, 9.17) is 4.52 Å². The first-order chi connectivity index (χ1) is 8.70. The summed E-state index contributed by atoms with van der Waals surface area (Å²) in [6.07, 6.45) is 1.90. The van der Waals surface area contributed by atoms with Gasteiger partial charge in [-0.2, -0.15) is 4.98 Å². The van der Waals surface area contributed by atoms with Gasteiger partial charge in [0.25, 0.3) is 0 Å². The Kier molecular flexibility index (Phi) is 3.97. The van der Waals surface area contributed by atoms with Crippen LogP contribution in [-0.2, 0) is 13.0 Å². The molecule has 1 N–H and O–H groups in total. The third-order valence-electron chi connectivity index (χ3n) is 3.02. The molecule has 2 aromatic rings. The molecule has 0 amide bonds. The van der Waals surface area contributed by atoms with Gasteiger partial charge in [-0.3, -0.25) is 0 Å². The number of benzene rings is 1. The summed E-state index contributed by atoms with van der Waals surface area (Å²) < 4.78 is 5.19. The van der Waals surface area contributed by atoms with Crippen molar-refractivity contribution >= 4 is 5.69 Å². The van der Waals surface area contributed by atoms with Gasteiger partial charge in [-0.1, -0.05) is 24.2 Å². The van der Waals surface area contributed by atoms with Crippen molar-refractivity contribution in [3.63, 3.8) is 0 Å². The minimum absolute atomic E-state index is 0.570. The maximum absolute atomic E-state index is 5.19. The highest BCUT2D eigenvalue weighted by Crippen LogP contribution is 2.18. The van der Waals surface area contributed by atoms with Gasteiger partial charge in [0.15, 0.2) is 5.82 Å². The molecule has 4 heteroatoms. The molecule has 0 unspecified atom stereocenters. The molecule has 96 valence electrons. The summed E-state index contributed by atoms with van der Waals surface area (Å²) in [4.78, 5) is 4.33. The van der Waals surface area contributed by atoms with Crippen molar-refractivity contribution in [1.29, 1.82) is 0 Å². The highest BCUT2D eigenvalue weighted by atomic mass is 16.5. The fourth-order valence-electron chi connectivity index (χ4n) is 1.80. The summed E-state index contributed by atoms with van der Waals surface area (Å²) in [5, 5.41) is 7.26. The Morgan fingerprint density at radius 1 is 1.28 bits per heavy atom. The second-order valence-corrected chi connectivity index (χ2v) is 4.46. The molecule has 1 aromatic heterocycles. The zero-order valence-electron chi connectivity index (χ0n) is 11.2. The number of aryl methyl sites for hydroxylation is 2. The molecule has 0 spiro atoms. The summed E-state index contributed by atoms with van der Waals surface area (Å²) in [5.41, 5.74) is 3.65. The minimum Gasteiger partial charge on any atom is -0.376 e. The lowest BCUT2D eigenvalue weighted by molar-refractivity contribution is 0.377. The number of anilines is 1. The number of hydrogen-bond donors (Lipinski definition) is 1. The Balaban J connectivity index is 2.00. The fraction of sp³-hybridized carbons (Fsp3) is 0.429. The van der Waals surface area contributed by atoms with E-state index in [2.05, 4.69) is 48.4 Å². The van der Waals surface area contributed by atoms with E-state index >= 15 is 0 Å². The number of rotatable bonds is 5. The first-order valence-corrected chi connectivity index (χ1v) is 6.32. The normalized spacial score (nSPS) is 10.6. The van der Waals surface area contributed by atoms with Gasteiger partial charge in [0.1, 0.15) is 0 Å². The molecule has 2 rings (SSSR count). The Bertz CT molecular complexity index is 520. The average molecular weight is 245 g/mol. The zero-order chi connectivity index (χ0) is 13.0. The molecular weight excluding hydrogens is 226 g/mol. The summed E-state index contributed by atoms with van der Waals surface area (Å²) in [5.74, 6) is 1.43. The zero-order valence-corrected chi connectivity index (χ0v) is 11.2. The van der Waals surface area contributed by atoms with E-state index in [0.717, 1.165) is 24.4 Å². The van der Waals surface area contributed by atoms with Crippen LogP contribution in [0.3, 0.4) is 0 Å². The molecule has 0 aliphatic rings. The Hall–Kier alpha value is -1.84. The molecular formula is C14H19N3O. The Morgan fingerprint density at radius 2 is 2.11 bits per heavy atom. The van der Waals surface area contributed by atoms with Gasteiger partial charge >= 0.3 is 0 Å². The maximum Gasteiger partial charge on any atom is 0.245 e. The highest BCUT2D eigenvalue weighted by molar-refractivity contribution is 5.53. The average Bonchev–Trinajstić information content (AvgIpc) is 2.79. The van der Waals surface area contributed by atoms with Gasteiger partial charge in [-0.05, 0) is 37.5 Å². The van der Waals surface area contributed by atoms with E-state index in [1.807, 2.05) is 6.07 Å². The molecule has 0 saturated carbocycles. The van der Waals surface area contributed by atoms with Crippen LogP contribution in [0.4, 0.5) is 5.69 Å². The summed E-state index contributed by atoms with van der Waals surface area (Å²) in [6, 6.07) is 6.21. The quantitative estimate of drug-likeness (QED) is 0.878. The van der Waals surface area contributed by atoms with E-state index in [1.54, 1.807) is 0 Å². The molecule has 0 fully saturated rings. The van der Waals surface area contributed by atoms with Gasteiger partial charge in [-0.25, -0.2) is 0 Å². The molecule has 4 nitrogen and oxygen atoms in total. The first kappa shape index (κ1) is 12.6. The van der Waals surface area contributed by atoms with Gasteiger partial charge in [0.2, 0.25) is 5.89 Å². The summed E-state index contributed by atoms with van der Waals surface area (Å²) in [7, 11) is 0. The van der Waals surface area contributed by atoms with Gasteiger partial charge < -0.3 is 9.84 Å². The Morgan fingerprint density at radius 3 is 2.89 bits per heavy atom. The highest BCUT2D eigenvalue weighted by Gasteiger charge is 2.06. The predicted molar refractivity (Wildman–Crippen MR) is 71.5 cm³/mol. The number of nitrogens with one attached hydrogen (secondary N) is 1. The van der Waals surface area contributed by atoms with Crippen LogP contribution in [0.2, 0.25) is 0 Å². The number of nitrogens with zero attached hydrogens (tertiary/aromatic N) is 2. The predicted octanol–water partition coefficient (Wildman–Crippen LogP) is 3.25. The molecule has 18 heavy (non-hydrogen) atoms. The number of hydrogen-bond acceptors (Lipinski definition) is 4. The summed E-state index contributed by atoms with van der Waals surface area (Å²) >= 11 is 0. The second-order valence-electron chi connectivity index (χ2n) is 4.46. The molecule has 0 aliphatic carbocycles. The van der Waals surface area contributed by atoms with Crippen LogP contribution in [0.15, 0.2) is 22.7 Å². The Labute approximate surface area is 107 Å². The fourth-order valence-corrected chi connectivity index (χ4v) is 1.80. The van der Waals surface area contributed by atoms with Crippen LogP contribution >= 0.6 is 0 Å². The van der Waals surface area contributed by atoms with Crippen LogP contribution in [0.1, 0.15) is 36.2 Å². The summed E-state index contributed by atoms with van der Waals surface area (Å²) in [6.45, 7) is 6.88. The van der Waals surface area contributed by atoms with Crippen molar-refractivity contribution in [2.75, 3.05) is 5.32 Å². The SMILES string of the molecule is CCCc1noc(CNc2cccc(C)c2C)n1. The molecule has 1 heterocycles. The lowest BCUT2D eigenvalue weighted by atomic mass is 10.1. The molecule has 1 aromatic carbocycles. The third-order valence-corrected chi connectivity index (χ3v) is 3.02. The smallest absolute Gasteiger partial charge is 0.245 e. The topological polar surface area (TPSA) is 51.0 Å². The van der Waals surface area contributed by atoms with Crippen molar-refractivity contribution in [2.24, 2.45) is 0 Å². The van der Waals surface area contributed by atoms with Gasteiger partial charge in [-0.15, -0.1) is 0 Å².